The third-order valence-corrected chi connectivity index (χ3v) is 5.94. The van der Waals surface area contributed by atoms with Crippen molar-refractivity contribution < 1.29 is 26.2 Å². The third-order valence-electron chi connectivity index (χ3n) is 5.04. The number of pyridine rings is 2. The zero-order valence-electron chi connectivity index (χ0n) is 17.5. The molecule has 0 saturated carbocycles. The van der Waals surface area contributed by atoms with E-state index in [1.807, 2.05) is 78.9 Å². The quantitative estimate of drug-likeness (QED) is 0.211. The Labute approximate surface area is 211 Å². The molecule has 0 aliphatic carbocycles. The van der Waals surface area contributed by atoms with E-state index in [9.17, 15) is 5.11 Å². The molecule has 0 fully saturated rings. The smallest absolute Gasteiger partial charge is 0.124 e. The first kappa shape index (κ1) is 23.0. The molecule has 0 radical (unpaired) electrons. The maximum absolute atomic E-state index is 10.5. The number of hydrogen-bond donors (Lipinski definition) is 1. The normalized spacial score (nSPS) is 10.4. The predicted molar refractivity (Wildman–Crippen MR) is 129 cm³/mol. The van der Waals surface area contributed by atoms with Gasteiger partial charge in [-0.25, -0.2) is 4.98 Å². The molecule has 164 valence electrons. The maximum atomic E-state index is 10.5. The van der Waals surface area contributed by atoms with Gasteiger partial charge in [0, 0.05) is 38.4 Å². The third kappa shape index (κ3) is 5.24. The Morgan fingerprint density at radius 1 is 0.697 bits per heavy atom. The van der Waals surface area contributed by atoms with Gasteiger partial charge in [-0.15, -0.1) is 29.8 Å². The molecule has 5 aromatic rings. The van der Waals surface area contributed by atoms with E-state index in [1.54, 1.807) is 24.0 Å². The van der Waals surface area contributed by atoms with E-state index < -0.39 is 0 Å². The standard InChI is InChI=1S/C28H19N2OS.Pt/c31-26-14-5-4-13-24(26)28-23(20-9-2-1-3-10-20)16-17-25(30-28)21-11-8-12-22(19-21)32-27-15-6-7-18-29-27;/h1-18,31H;/q-1;. The van der Waals surface area contributed by atoms with Gasteiger partial charge in [0.15, 0.2) is 0 Å². The summed E-state index contributed by atoms with van der Waals surface area (Å²) in [5.74, 6) is 0.206. The van der Waals surface area contributed by atoms with Gasteiger partial charge in [0.2, 0.25) is 0 Å². The van der Waals surface area contributed by atoms with Crippen LogP contribution in [-0.4, -0.2) is 15.1 Å². The van der Waals surface area contributed by atoms with Gasteiger partial charge in [-0.1, -0.05) is 77.3 Å². The minimum atomic E-state index is 0. The summed E-state index contributed by atoms with van der Waals surface area (Å²) >= 11 is 1.57. The summed E-state index contributed by atoms with van der Waals surface area (Å²) in [5, 5.41) is 11.5. The number of aromatic nitrogens is 2. The van der Waals surface area contributed by atoms with E-state index in [1.165, 1.54) is 0 Å². The second-order valence-corrected chi connectivity index (χ2v) is 8.24. The van der Waals surface area contributed by atoms with Crippen molar-refractivity contribution in [1.29, 1.82) is 0 Å². The van der Waals surface area contributed by atoms with Crippen LogP contribution in [0.2, 0.25) is 0 Å². The van der Waals surface area contributed by atoms with E-state index in [-0.39, 0.29) is 26.8 Å². The van der Waals surface area contributed by atoms with Crippen LogP contribution >= 0.6 is 11.8 Å². The second kappa shape index (κ2) is 10.6. The number of rotatable bonds is 5. The average Bonchev–Trinajstić information content (AvgIpc) is 2.85. The molecule has 0 atom stereocenters. The van der Waals surface area contributed by atoms with Gasteiger partial charge in [0.05, 0.1) is 10.7 Å². The topological polar surface area (TPSA) is 46.0 Å². The van der Waals surface area contributed by atoms with Crippen LogP contribution in [-0.2, 0) is 21.1 Å². The number of nitrogens with zero attached hydrogens (tertiary/aromatic N) is 2. The van der Waals surface area contributed by atoms with Crippen molar-refractivity contribution in [3.8, 4) is 39.4 Å². The Balaban J connectivity index is 0.00000259. The Morgan fingerprint density at radius 2 is 1.48 bits per heavy atom. The number of para-hydroxylation sites is 1. The number of aromatic hydroxyl groups is 1. The zero-order chi connectivity index (χ0) is 21.8. The maximum Gasteiger partial charge on any atom is 0.124 e. The van der Waals surface area contributed by atoms with E-state index in [4.69, 9.17) is 4.98 Å². The minimum Gasteiger partial charge on any atom is -0.507 e. The molecule has 0 bridgehead atoms. The molecule has 0 amide bonds. The predicted octanol–water partition coefficient (Wildman–Crippen LogP) is 7.13. The molecule has 0 spiro atoms. The SMILES string of the molecule is Oc1ccccc1-c1nc(-c2[c-]c(Sc3ccccn3)ccc2)ccc1-c1ccccc1.[Pt]. The fourth-order valence-corrected chi connectivity index (χ4v) is 4.31. The van der Waals surface area contributed by atoms with Gasteiger partial charge < -0.3 is 5.11 Å². The molecule has 5 rings (SSSR count). The Bertz CT molecular complexity index is 1360. The van der Waals surface area contributed by atoms with Gasteiger partial charge in [-0.3, -0.25) is 4.98 Å². The van der Waals surface area contributed by atoms with Crippen molar-refractivity contribution in [3.05, 3.63) is 115 Å². The van der Waals surface area contributed by atoms with E-state index in [2.05, 4.69) is 29.2 Å². The van der Waals surface area contributed by atoms with Crippen molar-refractivity contribution in [2.75, 3.05) is 0 Å². The minimum absolute atomic E-state index is 0. The Morgan fingerprint density at radius 3 is 2.27 bits per heavy atom. The van der Waals surface area contributed by atoms with Gasteiger partial charge in [0.25, 0.3) is 0 Å². The van der Waals surface area contributed by atoms with E-state index in [0.29, 0.717) is 5.56 Å². The first-order chi connectivity index (χ1) is 15.8. The fraction of sp³-hybridized carbons (Fsp3) is 0. The number of phenolic OH excluding ortho intramolecular Hbond substituents is 1. The summed E-state index contributed by atoms with van der Waals surface area (Å²) in [6.07, 6.45) is 1.79. The largest absolute Gasteiger partial charge is 0.507 e. The van der Waals surface area contributed by atoms with Gasteiger partial charge in [-0.2, -0.15) is 0 Å². The summed E-state index contributed by atoms with van der Waals surface area (Å²) in [6.45, 7) is 0. The number of benzene rings is 3. The van der Waals surface area contributed by atoms with Crippen molar-refractivity contribution in [3.63, 3.8) is 0 Å². The van der Waals surface area contributed by atoms with E-state index >= 15 is 0 Å². The Kier molecular flexibility index (Phi) is 7.39. The number of phenols is 1. The van der Waals surface area contributed by atoms with Crippen molar-refractivity contribution in [2.24, 2.45) is 0 Å². The van der Waals surface area contributed by atoms with Crippen LogP contribution in [0.15, 0.2) is 119 Å². The van der Waals surface area contributed by atoms with Gasteiger partial charge in [0.1, 0.15) is 5.75 Å². The first-order valence-electron chi connectivity index (χ1n) is 10.2. The molecule has 1 N–H and O–H groups in total. The van der Waals surface area contributed by atoms with Crippen LogP contribution < -0.4 is 0 Å². The molecule has 33 heavy (non-hydrogen) atoms. The molecular formula is C28H19N2OPtS-. The van der Waals surface area contributed by atoms with Crippen LogP contribution in [0.4, 0.5) is 0 Å². The zero-order valence-corrected chi connectivity index (χ0v) is 20.5. The molecule has 0 saturated heterocycles. The molecule has 5 heteroatoms. The molecular weight excluding hydrogens is 607 g/mol. The molecule has 0 aliphatic heterocycles. The molecule has 2 aromatic heterocycles. The van der Waals surface area contributed by atoms with Gasteiger partial charge in [-0.05, 0) is 35.5 Å². The summed E-state index contributed by atoms with van der Waals surface area (Å²) in [7, 11) is 0. The van der Waals surface area contributed by atoms with Crippen LogP contribution in [0.1, 0.15) is 0 Å². The summed E-state index contributed by atoms with van der Waals surface area (Å²) in [6, 6.07) is 36.8. The second-order valence-electron chi connectivity index (χ2n) is 7.17. The monoisotopic (exact) mass is 626 g/mol. The summed E-state index contributed by atoms with van der Waals surface area (Å²) in [4.78, 5) is 10.3. The molecule has 0 unspecified atom stereocenters. The van der Waals surface area contributed by atoms with Crippen molar-refractivity contribution in [1.82, 2.24) is 9.97 Å². The Hall–Kier alpha value is -3.20. The van der Waals surface area contributed by atoms with Crippen LogP contribution in [0, 0.1) is 6.07 Å². The number of hydrogen-bond acceptors (Lipinski definition) is 4. The molecule has 3 aromatic carbocycles. The molecule has 0 aliphatic rings. The summed E-state index contributed by atoms with van der Waals surface area (Å²) in [5.41, 5.74) is 5.15. The van der Waals surface area contributed by atoms with Crippen LogP contribution in [0.25, 0.3) is 33.6 Å². The van der Waals surface area contributed by atoms with Crippen LogP contribution in [0.3, 0.4) is 0 Å². The fourth-order valence-electron chi connectivity index (χ4n) is 3.52. The molecule has 3 nitrogen and oxygen atoms in total. The summed E-state index contributed by atoms with van der Waals surface area (Å²) < 4.78 is 0. The van der Waals surface area contributed by atoms with Gasteiger partial charge >= 0.3 is 0 Å². The average molecular weight is 627 g/mol. The van der Waals surface area contributed by atoms with Crippen molar-refractivity contribution in [2.45, 2.75) is 9.92 Å². The van der Waals surface area contributed by atoms with Crippen LogP contribution in [0.5, 0.6) is 5.75 Å². The first-order valence-corrected chi connectivity index (χ1v) is 11.1. The molecule has 2 heterocycles. The van der Waals surface area contributed by atoms with Crippen molar-refractivity contribution >= 4 is 11.8 Å². The van der Waals surface area contributed by atoms with E-state index in [0.717, 1.165) is 38.0 Å².